The van der Waals surface area contributed by atoms with Crippen LogP contribution in [-0.4, -0.2) is 19.2 Å². The molecule has 1 aromatic carbocycles. The van der Waals surface area contributed by atoms with Gasteiger partial charge in [0.15, 0.2) is 12.1 Å². The molecule has 0 heterocycles. The zero-order valence-corrected chi connectivity index (χ0v) is 9.09. The van der Waals surface area contributed by atoms with Crippen LogP contribution in [0.1, 0.15) is 33.2 Å². The number of benzene rings is 1. The lowest BCUT2D eigenvalue weighted by Crippen LogP contribution is -2.11. The molecule has 0 N–H and O–H groups in total. The molecule has 0 atom stereocenters. The number of hydrogen-bond donors (Lipinski definition) is 0. The maximum atomic E-state index is 12.6. The fourth-order valence-electron chi connectivity index (χ4n) is 1.39. The number of Topliss-reactive ketones (excluding diaryl/α,β-unsaturated/α-hetero) is 1. The molecule has 0 amide bonds. The lowest BCUT2D eigenvalue weighted by Gasteiger charge is -2.14. The van der Waals surface area contributed by atoms with Crippen molar-refractivity contribution in [3.8, 4) is 5.75 Å². The number of aldehydes is 1. The Morgan fingerprint density at radius 2 is 1.94 bits per heavy atom. The molecular weight excluding hydrogens is 237 g/mol. The SMILES string of the molecule is COc1cc(C=O)c(C(C)=O)cc1C(F)(F)F. The van der Waals surface area contributed by atoms with E-state index in [4.69, 9.17) is 0 Å². The first-order chi connectivity index (χ1) is 7.81. The molecule has 0 aromatic heterocycles. The fraction of sp³-hybridized carbons (Fsp3) is 0.273. The molecular formula is C11H9F3O3. The summed E-state index contributed by atoms with van der Waals surface area (Å²) in [4.78, 5) is 21.8. The van der Waals surface area contributed by atoms with E-state index >= 15 is 0 Å². The molecule has 1 aromatic rings. The summed E-state index contributed by atoms with van der Waals surface area (Å²) in [5, 5.41) is 0. The van der Waals surface area contributed by atoms with Gasteiger partial charge < -0.3 is 4.74 Å². The Balaban J connectivity index is 3.56. The second kappa shape index (κ2) is 4.57. The van der Waals surface area contributed by atoms with Gasteiger partial charge in [-0.3, -0.25) is 9.59 Å². The molecule has 3 nitrogen and oxygen atoms in total. The molecule has 92 valence electrons. The summed E-state index contributed by atoms with van der Waals surface area (Å²) in [6.07, 6.45) is -4.32. The van der Waals surface area contributed by atoms with Crippen LogP contribution in [0, 0.1) is 0 Å². The van der Waals surface area contributed by atoms with E-state index < -0.39 is 23.3 Å². The van der Waals surface area contributed by atoms with Crippen LogP contribution in [0.5, 0.6) is 5.75 Å². The van der Waals surface area contributed by atoms with Crippen molar-refractivity contribution >= 4 is 12.1 Å². The molecule has 0 radical (unpaired) electrons. The van der Waals surface area contributed by atoms with E-state index in [1.54, 1.807) is 0 Å². The number of hydrogen-bond acceptors (Lipinski definition) is 3. The highest BCUT2D eigenvalue weighted by atomic mass is 19.4. The highest BCUT2D eigenvalue weighted by Crippen LogP contribution is 2.37. The molecule has 0 spiro atoms. The lowest BCUT2D eigenvalue weighted by molar-refractivity contribution is -0.138. The van der Waals surface area contributed by atoms with Gasteiger partial charge in [-0.2, -0.15) is 13.2 Å². The maximum Gasteiger partial charge on any atom is 0.419 e. The summed E-state index contributed by atoms with van der Waals surface area (Å²) in [5.74, 6) is -1.09. The highest BCUT2D eigenvalue weighted by Gasteiger charge is 2.35. The summed E-state index contributed by atoms with van der Waals surface area (Å²) in [5.41, 5.74) is -1.47. The Hall–Kier alpha value is -1.85. The van der Waals surface area contributed by atoms with Gasteiger partial charge in [-0.1, -0.05) is 0 Å². The number of carbonyl (C=O) groups is 2. The van der Waals surface area contributed by atoms with Crippen molar-refractivity contribution in [2.45, 2.75) is 13.1 Å². The van der Waals surface area contributed by atoms with Gasteiger partial charge in [0, 0.05) is 11.1 Å². The van der Waals surface area contributed by atoms with E-state index in [-0.39, 0.29) is 11.1 Å². The monoisotopic (exact) mass is 246 g/mol. The Morgan fingerprint density at radius 1 is 1.35 bits per heavy atom. The third kappa shape index (κ3) is 2.64. The van der Waals surface area contributed by atoms with Gasteiger partial charge in [-0.15, -0.1) is 0 Å². The minimum atomic E-state index is -4.64. The topological polar surface area (TPSA) is 43.4 Å². The Morgan fingerprint density at radius 3 is 2.29 bits per heavy atom. The number of methoxy groups -OCH3 is 1. The van der Waals surface area contributed by atoms with Gasteiger partial charge in [0.05, 0.1) is 12.7 Å². The first-order valence-corrected chi connectivity index (χ1v) is 4.56. The molecule has 0 bridgehead atoms. The minimum Gasteiger partial charge on any atom is -0.496 e. The predicted molar refractivity (Wildman–Crippen MR) is 53.4 cm³/mol. The van der Waals surface area contributed by atoms with Crippen LogP contribution in [0.3, 0.4) is 0 Å². The van der Waals surface area contributed by atoms with Crippen molar-refractivity contribution in [3.63, 3.8) is 0 Å². The third-order valence-electron chi connectivity index (χ3n) is 2.18. The predicted octanol–water partition coefficient (Wildman–Crippen LogP) is 2.73. The van der Waals surface area contributed by atoms with Crippen molar-refractivity contribution in [2.75, 3.05) is 7.11 Å². The molecule has 6 heteroatoms. The van der Waals surface area contributed by atoms with Crippen LogP contribution < -0.4 is 4.74 Å². The highest BCUT2D eigenvalue weighted by molar-refractivity contribution is 6.02. The van der Waals surface area contributed by atoms with Gasteiger partial charge in [0.25, 0.3) is 0 Å². The fourth-order valence-corrected chi connectivity index (χ4v) is 1.39. The van der Waals surface area contributed by atoms with Gasteiger partial charge in [0.2, 0.25) is 0 Å². The van der Waals surface area contributed by atoms with E-state index in [1.807, 2.05) is 0 Å². The summed E-state index contributed by atoms with van der Waals surface area (Å²) in [6, 6.07) is 1.54. The minimum absolute atomic E-state index is 0.123. The number of carbonyl (C=O) groups excluding carboxylic acids is 2. The van der Waals surface area contributed by atoms with Crippen molar-refractivity contribution < 1.29 is 27.5 Å². The Bertz CT molecular complexity index is 464. The van der Waals surface area contributed by atoms with Crippen molar-refractivity contribution in [2.24, 2.45) is 0 Å². The number of ether oxygens (including phenoxy) is 1. The zero-order chi connectivity index (χ0) is 13.2. The standard InChI is InChI=1S/C11H9F3O3/c1-6(16)8-4-9(11(12,13)14)10(17-2)3-7(8)5-15/h3-5H,1-2H3. The second-order valence-corrected chi connectivity index (χ2v) is 3.31. The van der Waals surface area contributed by atoms with E-state index in [1.165, 1.54) is 0 Å². The van der Waals surface area contributed by atoms with Gasteiger partial charge in [-0.25, -0.2) is 0 Å². The first kappa shape index (κ1) is 13.2. The quantitative estimate of drug-likeness (QED) is 0.608. The lowest BCUT2D eigenvalue weighted by atomic mass is 10.0. The average Bonchev–Trinajstić information content (AvgIpc) is 2.25. The van der Waals surface area contributed by atoms with Gasteiger partial charge in [0.1, 0.15) is 5.75 Å². The summed E-state index contributed by atoms with van der Waals surface area (Å²) >= 11 is 0. The van der Waals surface area contributed by atoms with Gasteiger partial charge in [-0.05, 0) is 19.1 Å². The Labute approximate surface area is 95.2 Å². The van der Waals surface area contributed by atoms with E-state index in [2.05, 4.69) is 4.74 Å². The molecule has 0 unspecified atom stereocenters. The second-order valence-electron chi connectivity index (χ2n) is 3.31. The molecule has 17 heavy (non-hydrogen) atoms. The third-order valence-corrected chi connectivity index (χ3v) is 2.18. The first-order valence-electron chi connectivity index (χ1n) is 4.56. The number of halogens is 3. The van der Waals surface area contributed by atoms with Crippen LogP contribution in [0.15, 0.2) is 12.1 Å². The van der Waals surface area contributed by atoms with Crippen LogP contribution in [0.25, 0.3) is 0 Å². The van der Waals surface area contributed by atoms with E-state index in [9.17, 15) is 22.8 Å². The van der Waals surface area contributed by atoms with E-state index in [0.717, 1.165) is 20.1 Å². The van der Waals surface area contributed by atoms with Crippen LogP contribution in [-0.2, 0) is 6.18 Å². The van der Waals surface area contributed by atoms with Crippen molar-refractivity contribution in [1.82, 2.24) is 0 Å². The van der Waals surface area contributed by atoms with Crippen LogP contribution >= 0.6 is 0 Å². The normalized spacial score (nSPS) is 11.1. The summed E-state index contributed by atoms with van der Waals surface area (Å²) < 4.78 is 42.5. The summed E-state index contributed by atoms with van der Waals surface area (Å²) in [6.45, 7) is 1.09. The Kier molecular flexibility index (Phi) is 3.55. The summed E-state index contributed by atoms with van der Waals surface area (Å²) in [7, 11) is 1.06. The number of ketones is 1. The van der Waals surface area contributed by atoms with E-state index in [0.29, 0.717) is 12.4 Å². The van der Waals surface area contributed by atoms with Crippen LogP contribution in [0.2, 0.25) is 0 Å². The van der Waals surface area contributed by atoms with Crippen molar-refractivity contribution in [3.05, 3.63) is 28.8 Å². The largest absolute Gasteiger partial charge is 0.496 e. The molecule has 0 aliphatic rings. The van der Waals surface area contributed by atoms with Crippen LogP contribution in [0.4, 0.5) is 13.2 Å². The molecule has 0 saturated heterocycles. The number of rotatable bonds is 3. The molecule has 0 fully saturated rings. The zero-order valence-electron chi connectivity index (χ0n) is 9.09. The maximum absolute atomic E-state index is 12.6. The molecule has 0 saturated carbocycles. The molecule has 0 aliphatic carbocycles. The number of alkyl halides is 3. The van der Waals surface area contributed by atoms with Crippen molar-refractivity contribution in [1.29, 1.82) is 0 Å². The smallest absolute Gasteiger partial charge is 0.419 e. The molecule has 1 rings (SSSR count). The average molecular weight is 246 g/mol. The molecule has 0 aliphatic heterocycles. The van der Waals surface area contributed by atoms with Gasteiger partial charge >= 0.3 is 6.18 Å².